The van der Waals surface area contributed by atoms with Crippen LogP contribution in [0.2, 0.25) is 0 Å². The lowest BCUT2D eigenvalue weighted by atomic mass is 9.89. The standard InChI is InChI=1S/C14H22BBrN2O2S/c1-13(2)14(3,4)20-15(19-13)10-11(16)17-12(21-10)18-8-6-5-7-9-18/h5-9H2,1-4H3. The second-order valence-electron chi connectivity index (χ2n) is 6.79. The molecule has 2 fully saturated rings. The van der Waals surface area contributed by atoms with E-state index < -0.39 is 0 Å². The molecule has 4 nitrogen and oxygen atoms in total. The van der Waals surface area contributed by atoms with E-state index in [-0.39, 0.29) is 18.3 Å². The van der Waals surface area contributed by atoms with Gasteiger partial charge >= 0.3 is 7.12 Å². The van der Waals surface area contributed by atoms with Crippen LogP contribution in [0.1, 0.15) is 47.0 Å². The third-order valence-corrected chi connectivity index (χ3v) is 6.70. The van der Waals surface area contributed by atoms with Crippen molar-refractivity contribution in [3.63, 3.8) is 0 Å². The van der Waals surface area contributed by atoms with Gasteiger partial charge in [-0.1, -0.05) is 0 Å². The lowest BCUT2D eigenvalue weighted by Gasteiger charge is -2.32. The zero-order valence-electron chi connectivity index (χ0n) is 13.1. The summed E-state index contributed by atoms with van der Waals surface area (Å²) < 4.78 is 14.2. The van der Waals surface area contributed by atoms with E-state index in [1.165, 1.54) is 19.3 Å². The Morgan fingerprint density at radius 1 is 1.10 bits per heavy atom. The first-order valence-corrected chi connectivity index (χ1v) is 9.18. The van der Waals surface area contributed by atoms with Crippen LogP contribution in [0, 0.1) is 0 Å². The van der Waals surface area contributed by atoms with Crippen molar-refractivity contribution < 1.29 is 9.31 Å². The maximum atomic E-state index is 6.13. The summed E-state index contributed by atoms with van der Waals surface area (Å²) in [5.41, 5.74) is -0.626. The predicted octanol–water partition coefficient (Wildman–Crippen LogP) is 3.20. The minimum Gasteiger partial charge on any atom is -0.399 e. The van der Waals surface area contributed by atoms with Crippen LogP contribution in [0.5, 0.6) is 0 Å². The van der Waals surface area contributed by atoms with E-state index in [2.05, 4.69) is 53.5 Å². The summed E-state index contributed by atoms with van der Waals surface area (Å²) in [6, 6.07) is 0. The molecule has 0 unspecified atom stereocenters. The molecule has 2 aliphatic heterocycles. The molecule has 3 rings (SSSR count). The third kappa shape index (κ3) is 2.90. The van der Waals surface area contributed by atoms with Crippen LogP contribution in [0.4, 0.5) is 5.13 Å². The van der Waals surface area contributed by atoms with E-state index in [1.54, 1.807) is 11.3 Å². The van der Waals surface area contributed by atoms with Crippen LogP contribution in [0.15, 0.2) is 4.60 Å². The van der Waals surface area contributed by atoms with Crippen LogP contribution >= 0.6 is 27.3 Å². The highest BCUT2D eigenvalue weighted by Crippen LogP contribution is 2.38. The van der Waals surface area contributed by atoms with Gasteiger partial charge in [0, 0.05) is 13.1 Å². The van der Waals surface area contributed by atoms with E-state index in [9.17, 15) is 0 Å². The SMILES string of the molecule is CC1(C)OB(c2sc(N3CCCCC3)nc2Br)OC1(C)C. The van der Waals surface area contributed by atoms with E-state index in [1.807, 2.05) is 0 Å². The Morgan fingerprint density at radius 3 is 2.24 bits per heavy atom. The summed E-state index contributed by atoms with van der Waals surface area (Å²) >= 11 is 5.26. The van der Waals surface area contributed by atoms with Crippen LogP contribution in [-0.2, 0) is 9.31 Å². The molecule has 0 amide bonds. The first kappa shape index (κ1) is 15.8. The third-order valence-electron chi connectivity index (χ3n) is 4.69. The molecular formula is C14H22BBrN2O2S. The normalized spacial score (nSPS) is 24.6. The molecule has 0 aliphatic carbocycles. The second-order valence-corrected chi connectivity index (χ2v) is 8.55. The zero-order valence-corrected chi connectivity index (χ0v) is 15.5. The fourth-order valence-corrected chi connectivity index (χ4v) is 4.30. The molecule has 1 aromatic heterocycles. The Kier molecular flexibility index (Phi) is 4.14. The molecule has 0 saturated carbocycles. The van der Waals surface area contributed by atoms with Gasteiger partial charge in [-0.05, 0) is 62.9 Å². The highest BCUT2D eigenvalue weighted by molar-refractivity contribution is 9.10. The summed E-state index contributed by atoms with van der Waals surface area (Å²) in [6.07, 6.45) is 3.83. The van der Waals surface area contributed by atoms with Crippen molar-refractivity contribution >= 4 is 44.3 Å². The fourth-order valence-electron chi connectivity index (χ4n) is 2.62. The van der Waals surface area contributed by atoms with Crippen LogP contribution in [0.25, 0.3) is 0 Å². The van der Waals surface area contributed by atoms with E-state index >= 15 is 0 Å². The number of hydrogen-bond acceptors (Lipinski definition) is 5. The van der Waals surface area contributed by atoms with Crippen LogP contribution in [-0.4, -0.2) is 36.4 Å². The highest BCUT2D eigenvalue weighted by Gasteiger charge is 2.53. The Bertz CT molecular complexity index is 513. The number of halogens is 1. The first-order valence-electron chi connectivity index (χ1n) is 7.57. The summed E-state index contributed by atoms with van der Waals surface area (Å²) in [4.78, 5) is 7.04. The zero-order chi connectivity index (χ0) is 15.3. The van der Waals surface area contributed by atoms with Crippen molar-refractivity contribution in [3.8, 4) is 0 Å². The first-order chi connectivity index (χ1) is 9.80. The number of anilines is 1. The van der Waals surface area contributed by atoms with E-state index in [0.29, 0.717) is 0 Å². The number of aromatic nitrogens is 1. The molecule has 0 N–H and O–H groups in total. The Hall–Kier alpha value is -0.105. The Labute approximate surface area is 139 Å². The van der Waals surface area contributed by atoms with E-state index in [4.69, 9.17) is 9.31 Å². The summed E-state index contributed by atoms with van der Waals surface area (Å²) in [7, 11) is -0.333. The molecule has 0 bridgehead atoms. The molecule has 7 heteroatoms. The Balaban J connectivity index is 1.82. The number of thiazole rings is 1. The van der Waals surface area contributed by atoms with Gasteiger partial charge in [0.25, 0.3) is 0 Å². The van der Waals surface area contributed by atoms with E-state index in [0.717, 1.165) is 27.6 Å². The largest absolute Gasteiger partial charge is 0.508 e. The van der Waals surface area contributed by atoms with Crippen molar-refractivity contribution in [1.82, 2.24) is 4.98 Å². The van der Waals surface area contributed by atoms with Gasteiger partial charge in [0.2, 0.25) is 0 Å². The monoisotopic (exact) mass is 372 g/mol. The maximum Gasteiger partial charge on any atom is 0.508 e. The highest BCUT2D eigenvalue weighted by atomic mass is 79.9. The number of nitrogens with zero attached hydrogens (tertiary/aromatic N) is 2. The number of hydrogen-bond donors (Lipinski definition) is 0. The number of rotatable bonds is 2. The minimum absolute atomic E-state index is 0.313. The topological polar surface area (TPSA) is 34.6 Å². The van der Waals surface area contributed by atoms with Gasteiger partial charge in [0.15, 0.2) is 5.13 Å². The summed E-state index contributed by atoms with van der Waals surface area (Å²) in [6.45, 7) is 10.5. The average Bonchev–Trinajstić information content (AvgIpc) is 2.89. The quantitative estimate of drug-likeness (QED) is 0.746. The van der Waals surface area contributed by atoms with Gasteiger partial charge in [0.1, 0.15) is 4.60 Å². The number of piperidine rings is 1. The second kappa shape index (κ2) is 5.51. The predicted molar refractivity (Wildman–Crippen MR) is 91.6 cm³/mol. The molecule has 21 heavy (non-hydrogen) atoms. The van der Waals surface area contributed by atoms with Gasteiger partial charge in [-0.25, -0.2) is 4.98 Å². The molecule has 2 saturated heterocycles. The molecule has 2 aliphatic rings. The van der Waals surface area contributed by atoms with Crippen molar-refractivity contribution in [2.75, 3.05) is 18.0 Å². The van der Waals surface area contributed by atoms with Gasteiger partial charge in [-0.3, -0.25) is 0 Å². The molecule has 116 valence electrons. The maximum absolute atomic E-state index is 6.13. The van der Waals surface area contributed by atoms with Gasteiger partial charge in [-0.2, -0.15) is 0 Å². The molecule has 3 heterocycles. The van der Waals surface area contributed by atoms with Gasteiger partial charge in [0.05, 0.1) is 16.0 Å². The average molecular weight is 373 g/mol. The van der Waals surface area contributed by atoms with Crippen LogP contribution in [0.3, 0.4) is 0 Å². The smallest absolute Gasteiger partial charge is 0.399 e. The van der Waals surface area contributed by atoms with Gasteiger partial charge < -0.3 is 14.2 Å². The molecule has 0 radical (unpaired) electrons. The fraction of sp³-hybridized carbons (Fsp3) is 0.786. The molecule has 0 atom stereocenters. The molecule has 0 spiro atoms. The van der Waals surface area contributed by atoms with Crippen molar-refractivity contribution in [3.05, 3.63) is 4.60 Å². The summed E-state index contributed by atoms with van der Waals surface area (Å²) in [5.74, 6) is 0. The van der Waals surface area contributed by atoms with Gasteiger partial charge in [-0.15, -0.1) is 11.3 Å². The van der Waals surface area contributed by atoms with Crippen molar-refractivity contribution in [2.45, 2.75) is 58.2 Å². The van der Waals surface area contributed by atoms with Crippen molar-refractivity contribution in [1.29, 1.82) is 0 Å². The lowest BCUT2D eigenvalue weighted by molar-refractivity contribution is 0.00578. The lowest BCUT2D eigenvalue weighted by Crippen LogP contribution is -2.41. The Morgan fingerprint density at radius 2 is 1.67 bits per heavy atom. The molecular weight excluding hydrogens is 351 g/mol. The van der Waals surface area contributed by atoms with Crippen molar-refractivity contribution in [2.24, 2.45) is 0 Å². The summed E-state index contributed by atoms with van der Waals surface area (Å²) in [5, 5.41) is 1.08. The van der Waals surface area contributed by atoms with Crippen LogP contribution < -0.4 is 9.68 Å². The molecule has 0 aromatic carbocycles. The minimum atomic E-state index is -0.333. The molecule has 1 aromatic rings.